The highest BCUT2D eigenvalue weighted by Crippen LogP contribution is 2.29. The fourth-order valence-electron chi connectivity index (χ4n) is 2.70. The van der Waals surface area contributed by atoms with E-state index in [1.165, 1.54) is 17.3 Å². The summed E-state index contributed by atoms with van der Waals surface area (Å²) in [5.74, 6) is 2.02. The van der Waals surface area contributed by atoms with Crippen molar-refractivity contribution < 1.29 is 14.3 Å². The number of ether oxygens (including phenoxy) is 2. The van der Waals surface area contributed by atoms with Crippen molar-refractivity contribution in [1.82, 2.24) is 14.8 Å². The molecule has 0 bridgehead atoms. The Morgan fingerprint density at radius 2 is 1.87 bits per heavy atom. The van der Waals surface area contributed by atoms with Crippen molar-refractivity contribution in [3.63, 3.8) is 0 Å². The number of carbonyl (C=O) groups is 1. The van der Waals surface area contributed by atoms with Crippen LogP contribution in [-0.4, -0.2) is 40.6 Å². The first-order valence-electron chi connectivity index (χ1n) is 9.33. The minimum Gasteiger partial charge on any atom is -0.497 e. The molecule has 3 rings (SSSR count). The van der Waals surface area contributed by atoms with E-state index in [-0.39, 0.29) is 11.7 Å². The van der Waals surface area contributed by atoms with E-state index < -0.39 is 0 Å². The number of hydrogen-bond donors (Lipinski definition) is 2. The summed E-state index contributed by atoms with van der Waals surface area (Å²) < 4.78 is 12.4. The van der Waals surface area contributed by atoms with Crippen molar-refractivity contribution in [3.05, 3.63) is 53.9 Å². The summed E-state index contributed by atoms with van der Waals surface area (Å²) in [5.41, 5.74) is 2.82. The Morgan fingerprint density at radius 3 is 2.57 bits per heavy atom. The van der Waals surface area contributed by atoms with Crippen molar-refractivity contribution in [2.75, 3.05) is 30.6 Å². The Hall–Kier alpha value is -3.20. The molecule has 1 amide bonds. The smallest absolute Gasteiger partial charge is 0.234 e. The summed E-state index contributed by atoms with van der Waals surface area (Å²) in [6.45, 7) is 2.60. The summed E-state index contributed by atoms with van der Waals surface area (Å²) in [5, 5.41) is 15.3. The molecule has 0 fully saturated rings. The van der Waals surface area contributed by atoms with Crippen LogP contribution in [-0.2, 0) is 18.4 Å². The van der Waals surface area contributed by atoms with Crippen LogP contribution < -0.4 is 20.1 Å². The number of methoxy groups -OCH3 is 2. The summed E-state index contributed by atoms with van der Waals surface area (Å²) >= 11 is 1.32. The highest BCUT2D eigenvalue weighted by atomic mass is 32.2. The second kappa shape index (κ2) is 10.0. The topological polar surface area (TPSA) is 90.3 Å². The number of aryl methyl sites for hydroxylation is 1. The lowest BCUT2D eigenvalue weighted by molar-refractivity contribution is -0.113. The van der Waals surface area contributed by atoms with Gasteiger partial charge in [0.2, 0.25) is 5.91 Å². The maximum atomic E-state index is 12.4. The zero-order valence-electron chi connectivity index (χ0n) is 17.4. The van der Waals surface area contributed by atoms with Crippen LogP contribution >= 0.6 is 11.8 Å². The normalized spacial score (nSPS) is 10.5. The molecule has 1 heterocycles. The molecule has 0 aliphatic heterocycles. The van der Waals surface area contributed by atoms with E-state index >= 15 is 0 Å². The molecule has 3 aromatic rings. The van der Waals surface area contributed by atoms with Crippen LogP contribution in [0.25, 0.3) is 0 Å². The first-order valence-corrected chi connectivity index (χ1v) is 10.3. The van der Waals surface area contributed by atoms with Crippen LogP contribution in [0.1, 0.15) is 11.4 Å². The highest BCUT2D eigenvalue weighted by Gasteiger charge is 2.13. The van der Waals surface area contributed by atoms with Crippen LogP contribution in [0.2, 0.25) is 0 Å². The van der Waals surface area contributed by atoms with Crippen LogP contribution in [0.4, 0.5) is 11.4 Å². The summed E-state index contributed by atoms with van der Waals surface area (Å²) in [6, 6.07) is 13.4. The molecular formula is C21H25N5O3S. The van der Waals surface area contributed by atoms with Crippen molar-refractivity contribution in [2.45, 2.75) is 18.6 Å². The number of hydrogen-bond acceptors (Lipinski definition) is 7. The zero-order valence-corrected chi connectivity index (χ0v) is 18.2. The van der Waals surface area contributed by atoms with Gasteiger partial charge in [0, 0.05) is 18.8 Å². The van der Waals surface area contributed by atoms with Gasteiger partial charge in [-0.3, -0.25) is 4.79 Å². The van der Waals surface area contributed by atoms with Crippen molar-refractivity contribution in [1.29, 1.82) is 0 Å². The lowest BCUT2D eigenvalue weighted by Gasteiger charge is -2.11. The maximum Gasteiger partial charge on any atom is 0.234 e. The van der Waals surface area contributed by atoms with Gasteiger partial charge in [-0.15, -0.1) is 10.2 Å². The van der Waals surface area contributed by atoms with E-state index in [0.717, 1.165) is 11.5 Å². The predicted molar refractivity (Wildman–Crippen MR) is 118 cm³/mol. The van der Waals surface area contributed by atoms with E-state index in [2.05, 4.69) is 39.9 Å². The van der Waals surface area contributed by atoms with Gasteiger partial charge in [-0.1, -0.05) is 29.5 Å². The van der Waals surface area contributed by atoms with Gasteiger partial charge in [0.05, 0.1) is 32.2 Å². The molecule has 1 aromatic heterocycles. The quantitative estimate of drug-likeness (QED) is 0.505. The molecule has 0 saturated carbocycles. The monoisotopic (exact) mass is 427 g/mol. The molecule has 9 heteroatoms. The Balaban J connectivity index is 1.54. The van der Waals surface area contributed by atoms with Gasteiger partial charge in [-0.2, -0.15) is 0 Å². The number of nitrogens with one attached hydrogen (secondary N) is 2. The standard InChI is InChI=1S/C21H25N5O3S/c1-14-5-7-15(8-6-14)22-12-19-24-25-21(26(19)2)30-13-20(27)23-17-10-9-16(28-3)11-18(17)29-4/h5-11,22H,12-13H2,1-4H3,(H,23,27). The number of anilines is 2. The lowest BCUT2D eigenvalue weighted by Crippen LogP contribution is -2.15. The third-order valence-corrected chi connectivity index (χ3v) is 5.46. The molecule has 0 radical (unpaired) electrons. The van der Waals surface area contributed by atoms with Gasteiger partial charge in [-0.05, 0) is 31.2 Å². The molecule has 2 aromatic carbocycles. The average Bonchev–Trinajstić information content (AvgIpc) is 3.11. The minimum absolute atomic E-state index is 0.161. The van der Waals surface area contributed by atoms with E-state index in [0.29, 0.717) is 28.9 Å². The molecule has 0 atom stereocenters. The van der Waals surface area contributed by atoms with Gasteiger partial charge in [0.15, 0.2) is 11.0 Å². The molecule has 0 unspecified atom stereocenters. The van der Waals surface area contributed by atoms with Crippen LogP contribution in [0.15, 0.2) is 47.6 Å². The van der Waals surface area contributed by atoms with E-state index in [9.17, 15) is 4.79 Å². The third kappa shape index (κ3) is 5.44. The Labute approximate surface area is 180 Å². The van der Waals surface area contributed by atoms with Crippen molar-refractivity contribution in [2.24, 2.45) is 7.05 Å². The molecule has 8 nitrogen and oxygen atoms in total. The van der Waals surface area contributed by atoms with Gasteiger partial charge in [0.1, 0.15) is 11.5 Å². The van der Waals surface area contributed by atoms with Crippen LogP contribution in [0.5, 0.6) is 11.5 Å². The fourth-order valence-corrected chi connectivity index (χ4v) is 3.43. The average molecular weight is 428 g/mol. The Bertz CT molecular complexity index is 1000. The third-order valence-electron chi connectivity index (χ3n) is 4.44. The Kier molecular flexibility index (Phi) is 7.18. The molecule has 158 valence electrons. The summed E-state index contributed by atoms with van der Waals surface area (Å²) in [6.07, 6.45) is 0. The number of amides is 1. The molecular weight excluding hydrogens is 402 g/mol. The van der Waals surface area contributed by atoms with Gasteiger partial charge in [0.25, 0.3) is 0 Å². The summed E-state index contributed by atoms with van der Waals surface area (Å²) in [4.78, 5) is 12.4. The van der Waals surface area contributed by atoms with Gasteiger partial charge in [-0.25, -0.2) is 0 Å². The largest absolute Gasteiger partial charge is 0.497 e. The van der Waals surface area contributed by atoms with E-state index in [1.807, 2.05) is 23.7 Å². The zero-order chi connectivity index (χ0) is 21.5. The van der Waals surface area contributed by atoms with Crippen LogP contribution in [0.3, 0.4) is 0 Å². The number of rotatable bonds is 9. The molecule has 0 aliphatic carbocycles. The number of aromatic nitrogens is 3. The minimum atomic E-state index is -0.161. The second-order valence-corrected chi connectivity index (χ2v) is 7.52. The lowest BCUT2D eigenvalue weighted by atomic mass is 10.2. The van der Waals surface area contributed by atoms with Gasteiger partial charge >= 0.3 is 0 Å². The van der Waals surface area contributed by atoms with Crippen molar-refractivity contribution in [3.8, 4) is 11.5 Å². The predicted octanol–water partition coefficient (Wildman–Crippen LogP) is 3.48. The number of thioether (sulfide) groups is 1. The number of benzene rings is 2. The fraction of sp³-hybridized carbons (Fsp3) is 0.286. The molecule has 30 heavy (non-hydrogen) atoms. The maximum absolute atomic E-state index is 12.4. The second-order valence-electron chi connectivity index (χ2n) is 6.58. The molecule has 0 spiro atoms. The van der Waals surface area contributed by atoms with Gasteiger partial charge < -0.3 is 24.7 Å². The van der Waals surface area contributed by atoms with E-state index in [4.69, 9.17) is 9.47 Å². The van der Waals surface area contributed by atoms with E-state index in [1.54, 1.807) is 32.4 Å². The highest BCUT2D eigenvalue weighted by molar-refractivity contribution is 7.99. The summed E-state index contributed by atoms with van der Waals surface area (Å²) in [7, 11) is 5.01. The number of nitrogens with zero attached hydrogens (tertiary/aromatic N) is 3. The SMILES string of the molecule is COc1ccc(NC(=O)CSc2nnc(CNc3ccc(C)cc3)n2C)c(OC)c1. The first kappa shape index (κ1) is 21.5. The first-order chi connectivity index (χ1) is 14.5. The Morgan fingerprint density at radius 1 is 1.10 bits per heavy atom. The molecule has 0 saturated heterocycles. The molecule has 2 N–H and O–H groups in total. The molecule has 0 aliphatic rings. The van der Waals surface area contributed by atoms with Crippen LogP contribution in [0, 0.1) is 6.92 Å². The number of carbonyl (C=O) groups excluding carboxylic acids is 1. The van der Waals surface area contributed by atoms with Crippen molar-refractivity contribution >= 4 is 29.0 Å².